The van der Waals surface area contributed by atoms with E-state index in [2.05, 4.69) is 5.10 Å². The molecule has 0 unspecified atom stereocenters. The van der Waals surface area contributed by atoms with Crippen LogP contribution in [0, 0.1) is 6.92 Å². The van der Waals surface area contributed by atoms with Gasteiger partial charge in [0.15, 0.2) is 5.69 Å². The zero-order chi connectivity index (χ0) is 7.72. The van der Waals surface area contributed by atoms with E-state index >= 15 is 0 Å². The van der Waals surface area contributed by atoms with Crippen molar-refractivity contribution in [3.8, 4) is 0 Å². The normalized spacial score (nSPS) is 9.70. The summed E-state index contributed by atoms with van der Waals surface area (Å²) >= 11 is 0. The smallest absolute Gasteiger partial charge is 0.356 e. The van der Waals surface area contributed by atoms with Crippen LogP contribution in [0.2, 0.25) is 0 Å². The summed E-state index contributed by atoms with van der Waals surface area (Å²) in [5, 5.41) is 12.0. The van der Waals surface area contributed by atoms with Crippen LogP contribution >= 0.6 is 0 Å². The van der Waals surface area contributed by atoms with Crippen molar-refractivity contribution < 1.29 is 9.90 Å². The molecular weight excluding hydrogens is 134 g/mol. The summed E-state index contributed by atoms with van der Waals surface area (Å²) in [6, 6.07) is 0. The van der Waals surface area contributed by atoms with Crippen molar-refractivity contribution >= 4 is 5.97 Å². The molecule has 5 heteroatoms. The molecule has 0 atom stereocenters. The number of nitrogens with two attached hydrogens (primary N) is 1. The third-order valence-electron chi connectivity index (χ3n) is 1.12. The molecule has 1 aromatic heterocycles. The van der Waals surface area contributed by atoms with Crippen LogP contribution in [0.5, 0.6) is 0 Å². The van der Waals surface area contributed by atoms with Crippen molar-refractivity contribution in [2.45, 2.75) is 6.92 Å². The minimum absolute atomic E-state index is 0.00231. The van der Waals surface area contributed by atoms with Gasteiger partial charge in [-0.05, 0) is 6.92 Å². The lowest BCUT2D eigenvalue weighted by atomic mass is 10.3. The molecule has 0 amide bonds. The van der Waals surface area contributed by atoms with E-state index < -0.39 is 5.97 Å². The first-order valence-corrected chi connectivity index (χ1v) is 2.66. The van der Waals surface area contributed by atoms with Gasteiger partial charge in [-0.3, -0.25) is 0 Å². The van der Waals surface area contributed by atoms with E-state index in [1.807, 2.05) is 0 Å². The number of aromatic carboxylic acids is 1. The van der Waals surface area contributed by atoms with Crippen molar-refractivity contribution in [3.63, 3.8) is 0 Å². The highest BCUT2D eigenvalue weighted by molar-refractivity contribution is 5.86. The largest absolute Gasteiger partial charge is 0.476 e. The second-order valence-electron chi connectivity index (χ2n) is 1.95. The minimum Gasteiger partial charge on any atom is -0.476 e. The van der Waals surface area contributed by atoms with Crippen molar-refractivity contribution in [1.29, 1.82) is 0 Å². The van der Waals surface area contributed by atoms with Crippen LogP contribution in [0.15, 0.2) is 6.20 Å². The Hall–Kier alpha value is -1.52. The topological polar surface area (TPSA) is 81.1 Å². The van der Waals surface area contributed by atoms with Crippen molar-refractivity contribution in [2.75, 3.05) is 5.84 Å². The summed E-state index contributed by atoms with van der Waals surface area (Å²) in [4.78, 5) is 11.3. The fourth-order valence-electron chi connectivity index (χ4n) is 0.694. The molecule has 0 saturated heterocycles. The standard InChI is InChI=1S/C5H7N3O2/c1-3-2-8(6)7-4(3)5(9)10/h2H,6H2,1H3,(H,9,10). The van der Waals surface area contributed by atoms with Gasteiger partial charge in [0, 0.05) is 5.56 Å². The van der Waals surface area contributed by atoms with Gasteiger partial charge in [0.05, 0.1) is 6.20 Å². The van der Waals surface area contributed by atoms with Crippen LogP contribution < -0.4 is 5.84 Å². The molecule has 10 heavy (non-hydrogen) atoms. The van der Waals surface area contributed by atoms with Gasteiger partial charge in [-0.2, -0.15) is 4.79 Å². The first-order valence-electron chi connectivity index (χ1n) is 2.66. The number of carboxylic acids is 1. The van der Waals surface area contributed by atoms with Gasteiger partial charge in [0.2, 0.25) is 0 Å². The molecule has 0 aliphatic heterocycles. The highest BCUT2D eigenvalue weighted by Crippen LogP contribution is 2.01. The summed E-state index contributed by atoms with van der Waals surface area (Å²) in [6.45, 7) is 1.64. The molecule has 5 nitrogen and oxygen atoms in total. The Kier molecular flexibility index (Phi) is 1.33. The van der Waals surface area contributed by atoms with Gasteiger partial charge in [-0.25, -0.2) is 4.79 Å². The maximum absolute atomic E-state index is 10.3. The summed E-state index contributed by atoms with van der Waals surface area (Å²) in [5.74, 6) is 4.11. The number of hydrogen-bond donors (Lipinski definition) is 2. The van der Waals surface area contributed by atoms with Crippen LogP contribution in [-0.2, 0) is 0 Å². The summed E-state index contributed by atoms with van der Waals surface area (Å²) < 4.78 is 0. The summed E-state index contributed by atoms with van der Waals surface area (Å²) in [6.07, 6.45) is 1.45. The third-order valence-corrected chi connectivity index (χ3v) is 1.12. The van der Waals surface area contributed by atoms with Crippen LogP contribution in [0.3, 0.4) is 0 Å². The van der Waals surface area contributed by atoms with Gasteiger partial charge < -0.3 is 10.9 Å². The lowest BCUT2D eigenvalue weighted by molar-refractivity contribution is 0.0689. The average molecular weight is 141 g/mol. The number of nitrogen functional groups attached to an aromatic ring is 1. The zero-order valence-corrected chi connectivity index (χ0v) is 5.40. The lowest BCUT2D eigenvalue weighted by Crippen LogP contribution is -2.09. The van der Waals surface area contributed by atoms with Crippen LogP contribution in [-0.4, -0.2) is 21.0 Å². The quantitative estimate of drug-likeness (QED) is 0.521. The van der Waals surface area contributed by atoms with Crippen LogP contribution in [0.4, 0.5) is 0 Å². The van der Waals surface area contributed by atoms with E-state index in [1.54, 1.807) is 6.92 Å². The molecule has 0 fully saturated rings. The molecule has 0 bridgehead atoms. The Morgan fingerprint density at radius 2 is 2.50 bits per heavy atom. The van der Waals surface area contributed by atoms with Gasteiger partial charge in [-0.15, -0.1) is 5.10 Å². The SMILES string of the molecule is Cc1cn(N)nc1C(=O)O. The highest BCUT2D eigenvalue weighted by Gasteiger charge is 2.10. The van der Waals surface area contributed by atoms with Crippen molar-refractivity contribution in [3.05, 3.63) is 17.5 Å². The van der Waals surface area contributed by atoms with Crippen molar-refractivity contribution in [1.82, 2.24) is 9.89 Å². The van der Waals surface area contributed by atoms with E-state index in [0.29, 0.717) is 5.56 Å². The fraction of sp³-hybridized carbons (Fsp3) is 0.200. The number of aryl methyl sites for hydroxylation is 1. The van der Waals surface area contributed by atoms with E-state index in [4.69, 9.17) is 10.9 Å². The number of nitrogens with zero attached hydrogens (tertiary/aromatic N) is 2. The molecule has 1 aromatic rings. The van der Waals surface area contributed by atoms with E-state index in [0.717, 1.165) is 4.79 Å². The molecule has 0 radical (unpaired) electrons. The molecule has 0 aromatic carbocycles. The fourth-order valence-corrected chi connectivity index (χ4v) is 0.694. The monoisotopic (exact) mass is 141 g/mol. The van der Waals surface area contributed by atoms with E-state index in [1.165, 1.54) is 6.20 Å². The molecular formula is C5H7N3O2. The second-order valence-corrected chi connectivity index (χ2v) is 1.95. The lowest BCUT2D eigenvalue weighted by Gasteiger charge is -1.84. The first kappa shape index (κ1) is 6.60. The average Bonchev–Trinajstić information content (AvgIpc) is 2.10. The summed E-state index contributed by atoms with van der Waals surface area (Å²) in [7, 11) is 0. The zero-order valence-electron chi connectivity index (χ0n) is 5.40. The van der Waals surface area contributed by atoms with Crippen LogP contribution in [0.1, 0.15) is 16.1 Å². The summed E-state index contributed by atoms with van der Waals surface area (Å²) in [5.41, 5.74) is 0.567. The Balaban J connectivity index is 3.15. The predicted octanol–water partition coefficient (Wildman–Crippen LogP) is -0.396. The first-order chi connectivity index (χ1) is 4.61. The highest BCUT2D eigenvalue weighted by atomic mass is 16.4. The van der Waals surface area contributed by atoms with Crippen LogP contribution in [0.25, 0.3) is 0 Å². The number of carboxylic acid groups (broad SMARTS) is 1. The Morgan fingerprint density at radius 1 is 1.90 bits per heavy atom. The molecule has 0 aliphatic carbocycles. The van der Waals surface area contributed by atoms with Gasteiger partial charge in [-0.1, -0.05) is 0 Å². The maximum Gasteiger partial charge on any atom is 0.356 e. The van der Waals surface area contributed by atoms with Gasteiger partial charge in [0.25, 0.3) is 0 Å². The predicted molar refractivity (Wildman–Crippen MR) is 34.1 cm³/mol. The third kappa shape index (κ3) is 0.928. The molecule has 0 saturated carbocycles. The van der Waals surface area contributed by atoms with Gasteiger partial charge >= 0.3 is 5.97 Å². The Bertz CT molecular complexity index is 266. The molecule has 3 N–H and O–H groups in total. The molecule has 0 spiro atoms. The second kappa shape index (κ2) is 2.02. The minimum atomic E-state index is -1.05. The Morgan fingerprint density at radius 3 is 2.70 bits per heavy atom. The molecule has 1 rings (SSSR count). The number of rotatable bonds is 1. The number of aromatic nitrogens is 2. The van der Waals surface area contributed by atoms with Gasteiger partial charge in [0.1, 0.15) is 0 Å². The maximum atomic E-state index is 10.3. The Labute approximate surface area is 57.0 Å². The number of hydrogen-bond acceptors (Lipinski definition) is 3. The van der Waals surface area contributed by atoms with Crippen molar-refractivity contribution in [2.24, 2.45) is 0 Å². The van der Waals surface area contributed by atoms with E-state index in [9.17, 15) is 4.79 Å². The van der Waals surface area contributed by atoms with E-state index in [-0.39, 0.29) is 5.69 Å². The number of carbonyl (C=O) groups is 1. The molecule has 0 aliphatic rings. The molecule has 1 heterocycles. The molecule has 54 valence electrons.